The van der Waals surface area contributed by atoms with E-state index in [0.29, 0.717) is 26.4 Å². The molecule has 0 bridgehead atoms. The standard InChI is InChI=1S/C14H29NO4/c1-4-6-7-8-9-18-11-13(16)10-15-12(3)14(17)19-5-2/h12-13,15-16H,4-11H2,1-3H3. The normalized spacial score (nSPS) is 14.1. The van der Waals surface area contributed by atoms with Crippen LogP contribution in [-0.2, 0) is 14.3 Å². The van der Waals surface area contributed by atoms with Crippen molar-refractivity contribution in [2.24, 2.45) is 0 Å². The minimum absolute atomic E-state index is 0.296. The summed E-state index contributed by atoms with van der Waals surface area (Å²) in [5, 5.41) is 12.6. The number of carbonyl (C=O) groups is 1. The number of esters is 1. The number of aliphatic hydroxyl groups excluding tert-OH is 1. The second-order valence-electron chi connectivity index (χ2n) is 4.67. The van der Waals surface area contributed by atoms with E-state index in [2.05, 4.69) is 12.2 Å². The van der Waals surface area contributed by atoms with Gasteiger partial charge in [0.2, 0.25) is 0 Å². The van der Waals surface area contributed by atoms with Crippen LogP contribution in [0, 0.1) is 0 Å². The second-order valence-corrected chi connectivity index (χ2v) is 4.67. The van der Waals surface area contributed by atoms with Crippen molar-refractivity contribution in [3.63, 3.8) is 0 Å². The zero-order valence-corrected chi connectivity index (χ0v) is 12.5. The Bertz CT molecular complexity index is 223. The minimum Gasteiger partial charge on any atom is -0.465 e. The van der Waals surface area contributed by atoms with Crippen molar-refractivity contribution in [3.8, 4) is 0 Å². The molecule has 0 rings (SSSR count). The van der Waals surface area contributed by atoms with Gasteiger partial charge in [0, 0.05) is 13.2 Å². The Hall–Kier alpha value is -0.650. The summed E-state index contributed by atoms with van der Waals surface area (Å²) >= 11 is 0. The third kappa shape index (κ3) is 10.9. The lowest BCUT2D eigenvalue weighted by atomic mass is 10.2. The highest BCUT2D eigenvalue weighted by molar-refractivity contribution is 5.75. The summed E-state index contributed by atoms with van der Waals surface area (Å²) in [6.45, 7) is 7.34. The van der Waals surface area contributed by atoms with Crippen molar-refractivity contribution in [2.45, 2.75) is 58.6 Å². The first kappa shape index (κ1) is 18.4. The minimum atomic E-state index is -0.594. The third-order valence-corrected chi connectivity index (χ3v) is 2.75. The van der Waals surface area contributed by atoms with Gasteiger partial charge >= 0.3 is 5.97 Å². The zero-order chi connectivity index (χ0) is 14.5. The van der Waals surface area contributed by atoms with Crippen molar-refractivity contribution >= 4 is 5.97 Å². The maximum Gasteiger partial charge on any atom is 0.322 e. The summed E-state index contributed by atoms with van der Waals surface area (Å²) in [5.74, 6) is -0.296. The van der Waals surface area contributed by atoms with E-state index in [0.717, 1.165) is 6.42 Å². The fourth-order valence-electron chi connectivity index (χ4n) is 1.57. The van der Waals surface area contributed by atoms with Gasteiger partial charge in [-0.2, -0.15) is 0 Å². The van der Waals surface area contributed by atoms with Crippen molar-refractivity contribution in [3.05, 3.63) is 0 Å². The molecule has 0 aliphatic carbocycles. The van der Waals surface area contributed by atoms with Crippen LogP contribution in [0.2, 0.25) is 0 Å². The van der Waals surface area contributed by atoms with Gasteiger partial charge in [-0.1, -0.05) is 26.2 Å². The summed E-state index contributed by atoms with van der Waals surface area (Å²) in [7, 11) is 0. The molecule has 0 radical (unpaired) electrons. The summed E-state index contributed by atoms with van der Waals surface area (Å²) in [6.07, 6.45) is 4.05. The first-order chi connectivity index (χ1) is 9.11. The molecule has 0 aliphatic heterocycles. The molecule has 0 aromatic carbocycles. The van der Waals surface area contributed by atoms with Crippen LogP contribution in [0.1, 0.15) is 46.5 Å². The summed E-state index contributed by atoms with van der Waals surface area (Å²) in [5.41, 5.74) is 0. The molecule has 0 spiro atoms. The number of rotatable bonds is 12. The van der Waals surface area contributed by atoms with Crippen LogP contribution >= 0.6 is 0 Å². The van der Waals surface area contributed by atoms with Gasteiger partial charge < -0.3 is 19.9 Å². The van der Waals surface area contributed by atoms with Crippen LogP contribution in [0.5, 0.6) is 0 Å². The fraction of sp³-hybridized carbons (Fsp3) is 0.929. The predicted octanol–water partition coefficient (Wildman–Crippen LogP) is 1.49. The highest BCUT2D eigenvalue weighted by Crippen LogP contribution is 1.99. The Morgan fingerprint density at radius 3 is 2.63 bits per heavy atom. The van der Waals surface area contributed by atoms with Gasteiger partial charge in [0.25, 0.3) is 0 Å². The summed E-state index contributed by atoms with van der Waals surface area (Å²) < 4.78 is 10.2. The smallest absolute Gasteiger partial charge is 0.322 e. The Balaban J connectivity index is 3.48. The summed E-state index contributed by atoms with van der Waals surface area (Å²) in [6, 6.07) is -0.404. The lowest BCUT2D eigenvalue weighted by molar-refractivity contribution is -0.145. The molecule has 19 heavy (non-hydrogen) atoms. The van der Waals surface area contributed by atoms with E-state index in [1.165, 1.54) is 19.3 Å². The largest absolute Gasteiger partial charge is 0.465 e. The van der Waals surface area contributed by atoms with E-state index in [9.17, 15) is 9.90 Å². The van der Waals surface area contributed by atoms with Gasteiger partial charge in [-0.25, -0.2) is 0 Å². The number of carbonyl (C=O) groups excluding carboxylic acids is 1. The molecule has 0 aromatic heterocycles. The lowest BCUT2D eigenvalue weighted by Gasteiger charge is -2.16. The number of aliphatic hydroxyl groups is 1. The molecule has 2 atom stereocenters. The van der Waals surface area contributed by atoms with Gasteiger partial charge in [0.05, 0.1) is 19.3 Å². The number of hydrogen-bond acceptors (Lipinski definition) is 5. The van der Waals surface area contributed by atoms with E-state index >= 15 is 0 Å². The van der Waals surface area contributed by atoms with Gasteiger partial charge in [0.1, 0.15) is 6.04 Å². The van der Waals surface area contributed by atoms with E-state index in [1.54, 1.807) is 13.8 Å². The molecule has 5 nitrogen and oxygen atoms in total. The predicted molar refractivity (Wildman–Crippen MR) is 75.1 cm³/mol. The van der Waals surface area contributed by atoms with Crippen LogP contribution < -0.4 is 5.32 Å². The van der Waals surface area contributed by atoms with Crippen LogP contribution in [0.15, 0.2) is 0 Å². The molecular weight excluding hydrogens is 246 g/mol. The number of nitrogens with one attached hydrogen (secondary N) is 1. The van der Waals surface area contributed by atoms with Crippen LogP contribution in [0.3, 0.4) is 0 Å². The molecule has 0 fully saturated rings. The van der Waals surface area contributed by atoms with Crippen molar-refractivity contribution in [1.82, 2.24) is 5.32 Å². The van der Waals surface area contributed by atoms with Crippen molar-refractivity contribution in [1.29, 1.82) is 0 Å². The Labute approximate surface area is 116 Å². The molecule has 2 unspecified atom stereocenters. The van der Waals surface area contributed by atoms with Crippen molar-refractivity contribution in [2.75, 3.05) is 26.4 Å². The van der Waals surface area contributed by atoms with E-state index in [-0.39, 0.29) is 5.97 Å². The molecule has 5 heteroatoms. The summed E-state index contributed by atoms with van der Waals surface area (Å²) in [4.78, 5) is 11.3. The Morgan fingerprint density at radius 1 is 1.26 bits per heavy atom. The molecular formula is C14H29NO4. The van der Waals surface area contributed by atoms with Crippen LogP contribution in [0.25, 0.3) is 0 Å². The first-order valence-electron chi connectivity index (χ1n) is 7.27. The molecule has 0 aromatic rings. The van der Waals surface area contributed by atoms with Gasteiger partial charge in [0.15, 0.2) is 0 Å². The number of hydrogen-bond donors (Lipinski definition) is 2. The van der Waals surface area contributed by atoms with Crippen LogP contribution in [-0.4, -0.2) is 49.6 Å². The molecule has 0 aliphatic rings. The maximum atomic E-state index is 11.3. The Morgan fingerprint density at radius 2 is 2.00 bits per heavy atom. The van der Waals surface area contributed by atoms with E-state index < -0.39 is 12.1 Å². The van der Waals surface area contributed by atoms with Gasteiger partial charge in [-0.05, 0) is 20.3 Å². The molecule has 2 N–H and O–H groups in total. The highest BCUT2D eigenvalue weighted by Gasteiger charge is 2.14. The average molecular weight is 275 g/mol. The highest BCUT2D eigenvalue weighted by atomic mass is 16.5. The van der Waals surface area contributed by atoms with Crippen molar-refractivity contribution < 1.29 is 19.4 Å². The molecule has 114 valence electrons. The molecule has 0 saturated heterocycles. The van der Waals surface area contributed by atoms with E-state index in [1.807, 2.05) is 0 Å². The monoisotopic (exact) mass is 275 g/mol. The topological polar surface area (TPSA) is 67.8 Å². The van der Waals surface area contributed by atoms with E-state index in [4.69, 9.17) is 9.47 Å². The molecule has 0 saturated carbocycles. The number of ether oxygens (including phenoxy) is 2. The quantitative estimate of drug-likeness (QED) is 0.417. The van der Waals surface area contributed by atoms with Crippen LogP contribution in [0.4, 0.5) is 0 Å². The van der Waals surface area contributed by atoms with Gasteiger partial charge in [-0.15, -0.1) is 0 Å². The number of unbranched alkanes of at least 4 members (excludes halogenated alkanes) is 3. The molecule has 0 amide bonds. The fourth-order valence-corrected chi connectivity index (χ4v) is 1.57. The molecule has 0 heterocycles. The second kappa shape index (κ2) is 12.4. The third-order valence-electron chi connectivity index (χ3n) is 2.75. The van der Waals surface area contributed by atoms with Gasteiger partial charge in [-0.3, -0.25) is 4.79 Å². The zero-order valence-electron chi connectivity index (χ0n) is 12.5. The average Bonchev–Trinajstić information content (AvgIpc) is 2.40. The maximum absolute atomic E-state index is 11.3. The SMILES string of the molecule is CCCCCCOCC(O)CNC(C)C(=O)OCC. The first-order valence-corrected chi connectivity index (χ1v) is 7.27. The lowest BCUT2D eigenvalue weighted by Crippen LogP contribution is -2.41. The Kier molecular flexibility index (Phi) is 12.0.